The largest absolute Gasteiger partial charge is 0.369 e. The molecule has 104 valence electrons. The fourth-order valence-corrected chi connectivity index (χ4v) is 2.52. The van der Waals surface area contributed by atoms with Crippen molar-refractivity contribution in [1.29, 1.82) is 0 Å². The number of amides is 1. The van der Waals surface area contributed by atoms with Gasteiger partial charge in [0.05, 0.1) is 0 Å². The molecule has 1 saturated carbocycles. The summed E-state index contributed by atoms with van der Waals surface area (Å²) >= 11 is 0. The number of nitrogens with one attached hydrogen (secondary N) is 2. The minimum absolute atomic E-state index is 0.135. The van der Waals surface area contributed by atoms with Crippen molar-refractivity contribution in [2.24, 2.45) is 5.41 Å². The molecule has 0 spiro atoms. The Balaban J connectivity index is 1.88. The first-order valence-corrected chi connectivity index (χ1v) is 6.99. The van der Waals surface area contributed by atoms with Crippen molar-refractivity contribution >= 4 is 11.7 Å². The third-order valence-electron chi connectivity index (χ3n) is 3.74. The average Bonchev–Trinajstić information content (AvgIpc) is 2.85. The van der Waals surface area contributed by atoms with Crippen LogP contribution in [0.1, 0.15) is 50.0 Å². The molecule has 1 amide bonds. The third kappa shape index (κ3) is 3.66. The summed E-state index contributed by atoms with van der Waals surface area (Å²) < 4.78 is 0. The van der Waals surface area contributed by atoms with Gasteiger partial charge in [0.15, 0.2) is 5.69 Å². The summed E-state index contributed by atoms with van der Waals surface area (Å²) in [5, 5.41) is 13.9. The van der Waals surface area contributed by atoms with Crippen LogP contribution in [-0.2, 0) is 0 Å². The number of carbonyl (C=O) groups excluding carboxylic acids is 1. The van der Waals surface area contributed by atoms with E-state index >= 15 is 0 Å². The molecular formula is C14H22N4O. The van der Waals surface area contributed by atoms with Gasteiger partial charge in [0.2, 0.25) is 0 Å². The zero-order valence-electron chi connectivity index (χ0n) is 11.7. The molecule has 19 heavy (non-hydrogen) atoms. The number of aromatic nitrogens is 2. The van der Waals surface area contributed by atoms with E-state index in [0.29, 0.717) is 11.5 Å². The minimum Gasteiger partial charge on any atom is -0.369 e. The van der Waals surface area contributed by atoms with E-state index in [2.05, 4.69) is 27.8 Å². The normalized spacial score (nSPS) is 17.2. The lowest BCUT2D eigenvalue weighted by atomic mass is 9.89. The van der Waals surface area contributed by atoms with Crippen LogP contribution in [0, 0.1) is 5.41 Å². The third-order valence-corrected chi connectivity index (χ3v) is 3.74. The highest BCUT2D eigenvalue weighted by Crippen LogP contribution is 2.36. The standard InChI is InChI=1S/C14H22N4O/c1-3-15-12-7-6-11(17-18-12)13(19)16-10-14(2)8-4-5-9-14/h6-7H,3-5,8-10H2,1-2H3,(H,15,18)(H,16,19). The smallest absolute Gasteiger partial charge is 0.271 e. The van der Waals surface area contributed by atoms with Gasteiger partial charge < -0.3 is 10.6 Å². The minimum atomic E-state index is -0.135. The SMILES string of the molecule is CCNc1ccc(C(=O)NCC2(C)CCCC2)nn1. The van der Waals surface area contributed by atoms with E-state index in [4.69, 9.17) is 0 Å². The zero-order valence-corrected chi connectivity index (χ0v) is 11.7. The summed E-state index contributed by atoms with van der Waals surface area (Å²) in [7, 11) is 0. The molecule has 0 aromatic carbocycles. The Kier molecular flexibility index (Phi) is 4.35. The van der Waals surface area contributed by atoms with Crippen LogP contribution in [-0.4, -0.2) is 29.2 Å². The molecule has 5 heteroatoms. The summed E-state index contributed by atoms with van der Waals surface area (Å²) in [5.74, 6) is 0.561. The lowest BCUT2D eigenvalue weighted by molar-refractivity contribution is 0.0928. The lowest BCUT2D eigenvalue weighted by Crippen LogP contribution is -2.34. The Morgan fingerprint density at radius 1 is 1.32 bits per heavy atom. The molecule has 0 aliphatic heterocycles. The van der Waals surface area contributed by atoms with Crippen molar-refractivity contribution in [2.75, 3.05) is 18.4 Å². The number of hydrogen-bond donors (Lipinski definition) is 2. The van der Waals surface area contributed by atoms with Crippen LogP contribution in [0.3, 0.4) is 0 Å². The second-order valence-electron chi connectivity index (χ2n) is 5.53. The zero-order chi connectivity index (χ0) is 13.7. The molecule has 0 bridgehead atoms. The average molecular weight is 262 g/mol. The molecule has 1 fully saturated rings. The Morgan fingerprint density at radius 3 is 2.63 bits per heavy atom. The molecule has 0 unspecified atom stereocenters. The predicted molar refractivity (Wildman–Crippen MR) is 75.1 cm³/mol. The first kappa shape index (κ1) is 13.8. The maximum absolute atomic E-state index is 12.0. The summed E-state index contributed by atoms with van der Waals surface area (Å²) in [4.78, 5) is 12.0. The Bertz CT molecular complexity index is 424. The van der Waals surface area contributed by atoms with Crippen LogP contribution in [0.5, 0.6) is 0 Å². The first-order chi connectivity index (χ1) is 9.13. The molecule has 1 aromatic heterocycles. The quantitative estimate of drug-likeness (QED) is 0.854. The van der Waals surface area contributed by atoms with E-state index < -0.39 is 0 Å². The van der Waals surface area contributed by atoms with Gasteiger partial charge >= 0.3 is 0 Å². The van der Waals surface area contributed by atoms with E-state index in [9.17, 15) is 4.79 Å². The monoisotopic (exact) mass is 262 g/mol. The molecular weight excluding hydrogens is 240 g/mol. The fourth-order valence-electron chi connectivity index (χ4n) is 2.52. The molecule has 1 heterocycles. The van der Waals surface area contributed by atoms with Gasteiger partial charge in [-0.2, -0.15) is 0 Å². The molecule has 2 rings (SSSR count). The molecule has 1 aliphatic carbocycles. The summed E-state index contributed by atoms with van der Waals surface area (Å²) in [5.41, 5.74) is 0.635. The van der Waals surface area contributed by atoms with Gasteiger partial charge in [-0.25, -0.2) is 0 Å². The second kappa shape index (κ2) is 5.99. The van der Waals surface area contributed by atoms with Gasteiger partial charge in [-0.15, -0.1) is 10.2 Å². The van der Waals surface area contributed by atoms with Gasteiger partial charge in [0.1, 0.15) is 5.82 Å². The second-order valence-corrected chi connectivity index (χ2v) is 5.53. The van der Waals surface area contributed by atoms with E-state index in [0.717, 1.165) is 13.1 Å². The van der Waals surface area contributed by atoms with Gasteiger partial charge in [-0.3, -0.25) is 4.79 Å². The van der Waals surface area contributed by atoms with Crippen molar-refractivity contribution in [3.05, 3.63) is 17.8 Å². The van der Waals surface area contributed by atoms with E-state index in [1.165, 1.54) is 25.7 Å². The first-order valence-electron chi connectivity index (χ1n) is 6.99. The van der Waals surface area contributed by atoms with Crippen molar-refractivity contribution in [2.45, 2.75) is 39.5 Å². The number of hydrogen-bond acceptors (Lipinski definition) is 4. The topological polar surface area (TPSA) is 66.9 Å². The number of rotatable bonds is 5. The maximum atomic E-state index is 12.0. The molecule has 1 aromatic rings. The number of nitrogens with zero attached hydrogens (tertiary/aromatic N) is 2. The van der Waals surface area contributed by atoms with Crippen molar-refractivity contribution in [3.63, 3.8) is 0 Å². The van der Waals surface area contributed by atoms with E-state index in [1.807, 2.05) is 6.92 Å². The van der Waals surface area contributed by atoms with Crippen LogP contribution in [0.2, 0.25) is 0 Å². The fraction of sp³-hybridized carbons (Fsp3) is 0.643. The number of carbonyl (C=O) groups is 1. The van der Waals surface area contributed by atoms with Gasteiger partial charge in [-0.1, -0.05) is 19.8 Å². The van der Waals surface area contributed by atoms with Crippen molar-refractivity contribution in [3.8, 4) is 0 Å². The molecule has 0 radical (unpaired) electrons. The Morgan fingerprint density at radius 2 is 2.05 bits per heavy atom. The van der Waals surface area contributed by atoms with E-state index in [-0.39, 0.29) is 11.3 Å². The highest BCUT2D eigenvalue weighted by molar-refractivity contribution is 5.92. The van der Waals surface area contributed by atoms with Crippen LogP contribution < -0.4 is 10.6 Å². The van der Waals surface area contributed by atoms with Crippen LogP contribution in [0.15, 0.2) is 12.1 Å². The molecule has 2 N–H and O–H groups in total. The highest BCUT2D eigenvalue weighted by Gasteiger charge is 2.29. The van der Waals surface area contributed by atoms with Gasteiger partial charge in [0, 0.05) is 13.1 Å². The molecule has 5 nitrogen and oxygen atoms in total. The van der Waals surface area contributed by atoms with Crippen molar-refractivity contribution < 1.29 is 4.79 Å². The number of anilines is 1. The molecule has 0 atom stereocenters. The van der Waals surface area contributed by atoms with Gasteiger partial charge in [-0.05, 0) is 37.3 Å². The van der Waals surface area contributed by atoms with Crippen LogP contribution >= 0.6 is 0 Å². The Labute approximate surface area is 114 Å². The van der Waals surface area contributed by atoms with Crippen molar-refractivity contribution in [1.82, 2.24) is 15.5 Å². The van der Waals surface area contributed by atoms with Crippen LogP contribution in [0.25, 0.3) is 0 Å². The van der Waals surface area contributed by atoms with Crippen LogP contribution in [0.4, 0.5) is 5.82 Å². The molecule has 1 aliphatic rings. The summed E-state index contributed by atoms with van der Waals surface area (Å²) in [6.45, 7) is 5.74. The summed E-state index contributed by atoms with van der Waals surface area (Å²) in [6, 6.07) is 3.49. The Hall–Kier alpha value is -1.65. The summed E-state index contributed by atoms with van der Waals surface area (Å²) in [6.07, 6.45) is 4.92. The highest BCUT2D eigenvalue weighted by atomic mass is 16.1. The molecule has 0 saturated heterocycles. The lowest BCUT2D eigenvalue weighted by Gasteiger charge is -2.23. The maximum Gasteiger partial charge on any atom is 0.271 e. The van der Waals surface area contributed by atoms with Gasteiger partial charge in [0.25, 0.3) is 5.91 Å². The van der Waals surface area contributed by atoms with E-state index in [1.54, 1.807) is 12.1 Å². The predicted octanol–water partition coefficient (Wildman–Crippen LogP) is 2.22.